The van der Waals surface area contributed by atoms with Crippen LogP contribution in [-0.4, -0.2) is 5.91 Å². The molecule has 0 spiro atoms. The molecule has 0 aliphatic carbocycles. The first-order chi connectivity index (χ1) is 9.38. The number of nitrogens with one attached hydrogen (secondary N) is 1. The van der Waals surface area contributed by atoms with Gasteiger partial charge < -0.3 is 11.1 Å². The van der Waals surface area contributed by atoms with Gasteiger partial charge in [-0.3, -0.25) is 4.79 Å². The fourth-order valence-corrected chi connectivity index (χ4v) is 1.63. The highest BCUT2D eigenvalue weighted by Crippen LogP contribution is 2.21. The number of hydrogen-bond acceptors (Lipinski definition) is 2. The average molecular weight is 301 g/mol. The third-order valence-corrected chi connectivity index (χ3v) is 2.81. The summed E-state index contributed by atoms with van der Waals surface area (Å²) in [5, 5.41) is 2.15. The Morgan fingerprint density at radius 1 is 1.05 bits per heavy atom. The molecular formula is C13H8ClF3N2O. The zero-order chi connectivity index (χ0) is 14.9. The van der Waals surface area contributed by atoms with Crippen LogP contribution in [0.4, 0.5) is 24.5 Å². The molecule has 0 aliphatic heterocycles. The van der Waals surface area contributed by atoms with Crippen LogP contribution in [0.5, 0.6) is 0 Å². The van der Waals surface area contributed by atoms with Gasteiger partial charge in [0, 0.05) is 11.8 Å². The molecule has 0 bridgehead atoms. The van der Waals surface area contributed by atoms with Crippen molar-refractivity contribution in [3.8, 4) is 0 Å². The van der Waals surface area contributed by atoms with Crippen molar-refractivity contribution in [2.45, 2.75) is 0 Å². The van der Waals surface area contributed by atoms with Crippen LogP contribution >= 0.6 is 11.6 Å². The lowest BCUT2D eigenvalue weighted by molar-refractivity contribution is 0.102. The minimum absolute atomic E-state index is 0.0826. The highest BCUT2D eigenvalue weighted by Gasteiger charge is 2.15. The minimum atomic E-state index is -1.07. The predicted molar refractivity (Wildman–Crippen MR) is 70.1 cm³/mol. The number of nitrogens with two attached hydrogens (primary N) is 1. The van der Waals surface area contributed by atoms with Crippen LogP contribution in [0.15, 0.2) is 30.3 Å². The number of amides is 1. The van der Waals surface area contributed by atoms with Crippen LogP contribution < -0.4 is 11.1 Å². The zero-order valence-corrected chi connectivity index (χ0v) is 10.6. The van der Waals surface area contributed by atoms with E-state index in [1.54, 1.807) is 0 Å². The van der Waals surface area contributed by atoms with Crippen LogP contribution in [-0.2, 0) is 0 Å². The molecule has 3 nitrogen and oxygen atoms in total. The van der Waals surface area contributed by atoms with Crippen molar-refractivity contribution >= 4 is 28.9 Å². The topological polar surface area (TPSA) is 55.1 Å². The molecule has 0 aromatic heterocycles. The zero-order valence-electron chi connectivity index (χ0n) is 9.88. The Balaban J connectivity index is 2.28. The molecule has 0 saturated heterocycles. The first-order valence-electron chi connectivity index (χ1n) is 5.39. The van der Waals surface area contributed by atoms with E-state index in [0.29, 0.717) is 6.07 Å². The van der Waals surface area contributed by atoms with Crippen LogP contribution in [0, 0.1) is 17.5 Å². The third-order valence-electron chi connectivity index (χ3n) is 2.51. The van der Waals surface area contributed by atoms with Crippen molar-refractivity contribution in [2.75, 3.05) is 11.1 Å². The Kier molecular flexibility index (Phi) is 3.85. The van der Waals surface area contributed by atoms with Gasteiger partial charge in [-0.2, -0.15) is 0 Å². The molecule has 0 heterocycles. The van der Waals surface area contributed by atoms with Crippen LogP contribution in [0.25, 0.3) is 0 Å². The van der Waals surface area contributed by atoms with E-state index >= 15 is 0 Å². The maximum absolute atomic E-state index is 13.5. The molecule has 0 atom stereocenters. The highest BCUT2D eigenvalue weighted by atomic mass is 35.5. The Labute approximate surface area is 117 Å². The van der Waals surface area contributed by atoms with E-state index in [-0.39, 0.29) is 16.4 Å². The van der Waals surface area contributed by atoms with Crippen molar-refractivity contribution < 1.29 is 18.0 Å². The van der Waals surface area contributed by atoms with E-state index in [2.05, 4.69) is 5.32 Å². The molecule has 0 saturated carbocycles. The second-order valence-electron chi connectivity index (χ2n) is 3.94. The summed E-state index contributed by atoms with van der Waals surface area (Å²) in [6.07, 6.45) is 0. The van der Waals surface area contributed by atoms with E-state index in [1.165, 1.54) is 12.1 Å². The van der Waals surface area contributed by atoms with Gasteiger partial charge in [0.05, 0.1) is 16.3 Å². The lowest BCUT2D eigenvalue weighted by Crippen LogP contribution is -2.15. The van der Waals surface area contributed by atoms with E-state index in [0.717, 1.165) is 12.1 Å². The normalized spacial score (nSPS) is 10.4. The van der Waals surface area contributed by atoms with Gasteiger partial charge in [0.2, 0.25) is 0 Å². The maximum Gasteiger partial charge on any atom is 0.258 e. The molecule has 0 aliphatic rings. The predicted octanol–water partition coefficient (Wildman–Crippen LogP) is 3.59. The molecular weight excluding hydrogens is 293 g/mol. The van der Waals surface area contributed by atoms with Crippen LogP contribution in [0.1, 0.15) is 10.4 Å². The van der Waals surface area contributed by atoms with Gasteiger partial charge in [-0.1, -0.05) is 11.6 Å². The van der Waals surface area contributed by atoms with E-state index in [4.69, 9.17) is 17.3 Å². The molecule has 0 unspecified atom stereocenters. The lowest BCUT2D eigenvalue weighted by atomic mass is 10.1. The number of nitrogen functional groups attached to an aromatic ring is 1. The van der Waals surface area contributed by atoms with Gasteiger partial charge in [0.1, 0.15) is 17.5 Å². The minimum Gasteiger partial charge on any atom is -0.396 e. The van der Waals surface area contributed by atoms with Gasteiger partial charge in [0.25, 0.3) is 5.91 Å². The number of rotatable bonds is 2. The van der Waals surface area contributed by atoms with Crippen molar-refractivity contribution in [2.24, 2.45) is 0 Å². The second-order valence-corrected chi connectivity index (χ2v) is 4.34. The smallest absolute Gasteiger partial charge is 0.258 e. The fraction of sp³-hybridized carbons (Fsp3) is 0. The van der Waals surface area contributed by atoms with E-state index in [9.17, 15) is 18.0 Å². The van der Waals surface area contributed by atoms with Gasteiger partial charge in [-0.15, -0.1) is 0 Å². The summed E-state index contributed by atoms with van der Waals surface area (Å²) in [5.74, 6) is -3.64. The van der Waals surface area contributed by atoms with Crippen molar-refractivity contribution in [1.82, 2.24) is 0 Å². The van der Waals surface area contributed by atoms with E-state index < -0.39 is 28.9 Å². The molecule has 7 heteroatoms. The van der Waals surface area contributed by atoms with Crippen LogP contribution in [0.2, 0.25) is 5.02 Å². The first kappa shape index (κ1) is 14.2. The maximum atomic E-state index is 13.5. The summed E-state index contributed by atoms with van der Waals surface area (Å²) in [6, 6.07) is 4.93. The van der Waals surface area contributed by atoms with E-state index in [1.807, 2.05) is 0 Å². The fourth-order valence-electron chi connectivity index (χ4n) is 1.51. The standard InChI is InChI=1S/C13H8ClF3N2O/c14-8-2-1-6(3-10(8)16)19-13(20)7-4-12(18)11(17)5-9(7)15/h1-5H,18H2,(H,19,20). The monoisotopic (exact) mass is 300 g/mol. The molecule has 104 valence electrons. The summed E-state index contributed by atoms with van der Waals surface area (Å²) in [6.45, 7) is 0. The second kappa shape index (κ2) is 5.42. The molecule has 20 heavy (non-hydrogen) atoms. The highest BCUT2D eigenvalue weighted by molar-refractivity contribution is 6.30. The van der Waals surface area contributed by atoms with Gasteiger partial charge in [-0.25, -0.2) is 13.2 Å². The Hall–Kier alpha value is -2.21. The number of anilines is 2. The quantitative estimate of drug-likeness (QED) is 0.833. The number of halogens is 4. The Bertz CT molecular complexity index is 692. The largest absolute Gasteiger partial charge is 0.396 e. The van der Waals surface area contributed by atoms with Crippen molar-refractivity contribution in [3.05, 3.63) is 58.4 Å². The van der Waals surface area contributed by atoms with Gasteiger partial charge in [-0.05, 0) is 24.3 Å². The Morgan fingerprint density at radius 2 is 1.75 bits per heavy atom. The molecule has 0 fully saturated rings. The SMILES string of the molecule is Nc1cc(C(=O)Nc2ccc(Cl)c(F)c2)c(F)cc1F. The van der Waals surface area contributed by atoms with Gasteiger partial charge in [0.15, 0.2) is 0 Å². The van der Waals surface area contributed by atoms with Gasteiger partial charge >= 0.3 is 0 Å². The lowest BCUT2D eigenvalue weighted by Gasteiger charge is -2.08. The number of carbonyl (C=O) groups is 1. The summed E-state index contributed by atoms with van der Waals surface area (Å²) in [7, 11) is 0. The molecule has 2 aromatic carbocycles. The number of hydrogen-bond donors (Lipinski definition) is 2. The molecule has 3 N–H and O–H groups in total. The molecule has 0 radical (unpaired) electrons. The summed E-state index contributed by atoms with van der Waals surface area (Å²) in [5.41, 5.74) is 4.54. The number of carbonyl (C=O) groups excluding carboxylic acids is 1. The molecule has 2 rings (SSSR count). The number of benzene rings is 2. The van der Waals surface area contributed by atoms with Crippen LogP contribution in [0.3, 0.4) is 0 Å². The average Bonchev–Trinajstić information content (AvgIpc) is 2.38. The molecule has 2 aromatic rings. The van der Waals surface area contributed by atoms with Crippen molar-refractivity contribution in [1.29, 1.82) is 0 Å². The summed E-state index contributed by atoms with van der Waals surface area (Å²) in [4.78, 5) is 11.8. The molecule has 1 amide bonds. The first-order valence-corrected chi connectivity index (χ1v) is 5.77. The summed E-state index contributed by atoms with van der Waals surface area (Å²) >= 11 is 5.49. The van der Waals surface area contributed by atoms with Crippen molar-refractivity contribution in [3.63, 3.8) is 0 Å². The summed E-state index contributed by atoms with van der Waals surface area (Å²) < 4.78 is 39.7. The third kappa shape index (κ3) is 2.85. The Morgan fingerprint density at radius 3 is 2.40 bits per heavy atom.